The number of halogens is 2. The molecule has 0 unspecified atom stereocenters. The van der Waals surface area contributed by atoms with Gasteiger partial charge in [0, 0.05) is 23.9 Å². The molecule has 0 amide bonds. The Hall–Kier alpha value is -1.39. The van der Waals surface area contributed by atoms with Crippen LogP contribution in [0.25, 0.3) is 5.69 Å². The van der Waals surface area contributed by atoms with E-state index in [2.05, 4.69) is 5.10 Å². The van der Waals surface area contributed by atoms with Crippen LogP contribution in [-0.2, 0) is 6.54 Å². The first-order chi connectivity index (χ1) is 8.04. The maximum atomic E-state index is 13.4. The van der Waals surface area contributed by atoms with Gasteiger partial charge in [0.1, 0.15) is 5.82 Å². The first-order valence-electron chi connectivity index (χ1n) is 5.25. The molecular formula is C12H13ClFN3. The third kappa shape index (κ3) is 2.06. The first kappa shape index (κ1) is 12.1. The molecule has 0 saturated heterocycles. The third-order valence-electron chi connectivity index (χ3n) is 2.79. The lowest BCUT2D eigenvalue weighted by molar-refractivity contribution is 0.625. The van der Waals surface area contributed by atoms with Crippen molar-refractivity contribution in [3.63, 3.8) is 0 Å². The summed E-state index contributed by atoms with van der Waals surface area (Å²) < 4.78 is 15.1. The number of rotatable bonds is 2. The molecule has 0 aliphatic carbocycles. The molecule has 0 radical (unpaired) electrons. The monoisotopic (exact) mass is 253 g/mol. The summed E-state index contributed by atoms with van der Waals surface area (Å²) >= 11 is 5.65. The molecule has 0 saturated carbocycles. The third-order valence-corrected chi connectivity index (χ3v) is 3.10. The zero-order valence-corrected chi connectivity index (χ0v) is 10.4. The van der Waals surface area contributed by atoms with Crippen molar-refractivity contribution in [2.24, 2.45) is 5.73 Å². The maximum absolute atomic E-state index is 13.4. The molecule has 1 heterocycles. The van der Waals surface area contributed by atoms with Gasteiger partial charge in [-0.15, -0.1) is 0 Å². The Morgan fingerprint density at radius 2 is 2.12 bits per heavy atom. The predicted molar refractivity (Wildman–Crippen MR) is 65.9 cm³/mol. The molecular weight excluding hydrogens is 241 g/mol. The van der Waals surface area contributed by atoms with Crippen molar-refractivity contribution in [1.82, 2.24) is 9.78 Å². The topological polar surface area (TPSA) is 43.8 Å². The second kappa shape index (κ2) is 4.47. The molecule has 1 aromatic carbocycles. The minimum atomic E-state index is -0.453. The van der Waals surface area contributed by atoms with Crippen LogP contribution in [0.5, 0.6) is 0 Å². The number of hydrogen-bond donors (Lipinski definition) is 1. The summed E-state index contributed by atoms with van der Waals surface area (Å²) in [4.78, 5) is 0. The summed E-state index contributed by atoms with van der Waals surface area (Å²) in [5.41, 5.74) is 9.06. The molecule has 0 fully saturated rings. The second-order valence-electron chi connectivity index (χ2n) is 3.86. The highest BCUT2D eigenvalue weighted by Gasteiger charge is 2.12. The fraction of sp³-hybridized carbons (Fsp3) is 0.250. The molecule has 1 aromatic heterocycles. The molecule has 17 heavy (non-hydrogen) atoms. The molecule has 3 nitrogen and oxygen atoms in total. The SMILES string of the molecule is Cc1nn(-c2ccc(Cl)c(F)c2)c(C)c1CN. The Labute approximate surface area is 104 Å². The van der Waals surface area contributed by atoms with Crippen LogP contribution in [0.3, 0.4) is 0 Å². The molecule has 5 heteroatoms. The largest absolute Gasteiger partial charge is 0.326 e. The number of nitrogens with zero attached hydrogens (tertiary/aromatic N) is 2. The molecule has 0 spiro atoms. The van der Waals surface area contributed by atoms with Gasteiger partial charge < -0.3 is 5.73 Å². The van der Waals surface area contributed by atoms with E-state index in [-0.39, 0.29) is 5.02 Å². The highest BCUT2D eigenvalue weighted by Crippen LogP contribution is 2.21. The quantitative estimate of drug-likeness (QED) is 0.894. The minimum absolute atomic E-state index is 0.106. The zero-order chi connectivity index (χ0) is 12.6. The number of nitrogens with two attached hydrogens (primary N) is 1. The van der Waals surface area contributed by atoms with Crippen LogP contribution in [-0.4, -0.2) is 9.78 Å². The minimum Gasteiger partial charge on any atom is -0.326 e. The highest BCUT2D eigenvalue weighted by atomic mass is 35.5. The summed E-state index contributed by atoms with van der Waals surface area (Å²) in [6.07, 6.45) is 0. The highest BCUT2D eigenvalue weighted by molar-refractivity contribution is 6.30. The molecule has 0 aliphatic heterocycles. The van der Waals surface area contributed by atoms with Gasteiger partial charge >= 0.3 is 0 Å². The Balaban J connectivity index is 2.57. The first-order valence-corrected chi connectivity index (χ1v) is 5.63. The lowest BCUT2D eigenvalue weighted by atomic mass is 10.2. The Morgan fingerprint density at radius 1 is 1.41 bits per heavy atom. The molecule has 0 atom stereocenters. The number of aryl methyl sites for hydroxylation is 1. The van der Waals surface area contributed by atoms with E-state index in [0.29, 0.717) is 12.2 Å². The van der Waals surface area contributed by atoms with Crippen LogP contribution in [0.15, 0.2) is 18.2 Å². The van der Waals surface area contributed by atoms with E-state index in [4.69, 9.17) is 17.3 Å². The number of benzene rings is 1. The van der Waals surface area contributed by atoms with Crippen LogP contribution in [0.1, 0.15) is 17.0 Å². The van der Waals surface area contributed by atoms with Gasteiger partial charge in [-0.1, -0.05) is 11.6 Å². The van der Waals surface area contributed by atoms with E-state index in [0.717, 1.165) is 17.0 Å². The summed E-state index contributed by atoms with van der Waals surface area (Å²) in [5, 5.41) is 4.45. The fourth-order valence-electron chi connectivity index (χ4n) is 1.84. The van der Waals surface area contributed by atoms with Gasteiger partial charge in [0.2, 0.25) is 0 Å². The lowest BCUT2D eigenvalue weighted by Gasteiger charge is -2.05. The van der Waals surface area contributed by atoms with E-state index in [1.807, 2.05) is 13.8 Å². The maximum Gasteiger partial charge on any atom is 0.143 e. The van der Waals surface area contributed by atoms with Crippen molar-refractivity contribution in [2.45, 2.75) is 20.4 Å². The molecule has 2 rings (SSSR count). The van der Waals surface area contributed by atoms with Gasteiger partial charge in [0.05, 0.1) is 16.4 Å². The van der Waals surface area contributed by atoms with Crippen LogP contribution >= 0.6 is 11.6 Å². The van der Waals surface area contributed by atoms with Gasteiger partial charge in [-0.3, -0.25) is 0 Å². The standard InChI is InChI=1S/C12H13ClFN3/c1-7-10(6-15)8(2)17(16-7)9-3-4-11(13)12(14)5-9/h3-5H,6,15H2,1-2H3. The van der Waals surface area contributed by atoms with Crippen LogP contribution in [0, 0.1) is 19.7 Å². The van der Waals surface area contributed by atoms with Crippen molar-refractivity contribution < 1.29 is 4.39 Å². The summed E-state index contributed by atoms with van der Waals surface area (Å²) in [6, 6.07) is 4.61. The average molecular weight is 254 g/mol. The van der Waals surface area contributed by atoms with E-state index < -0.39 is 5.82 Å². The second-order valence-corrected chi connectivity index (χ2v) is 4.27. The normalized spacial score (nSPS) is 10.9. The predicted octanol–water partition coefficient (Wildman–Crippen LogP) is 2.74. The molecule has 90 valence electrons. The smallest absolute Gasteiger partial charge is 0.143 e. The summed E-state index contributed by atoms with van der Waals surface area (Å²) in [5.74, 6) is -0.453. The Kier molecular flexibility index (Phi) is 3.17. The van der Waals surface area contributed by atoms with E-state index in [1.165, 1.54) is 12.1 Å². The van der Waals surface area contributed by atoms with Crippen molar-refractivity contribution >= 4 is 11.6 Å². The van der Waals surface area contributed by atoms with Crippen LogP contribution in [0.4, 0.5) is 4.39 Å². The summed E-state index contributed by atoms with van der Waals surface area (Å²) in [6.45, 7) is 4.22. The number of aromatic nitrogens is 2. The molecule has 2 N–H and O–H groups in total. The van der Waals surface area contributed by atoms with Crippen molar-refractivity contribution in [1.29, 1.82) is 0 Å². The van der Waals surface area contributed by atoms with E-state index in [9.17, 15) is 4.39 Å². The van der Waals surface area contributed by atoms with Crippen molar-refractivity contribution in [3.8, 4) is 5.69 Å². The van der Waals surface area contributed by atoms with Gasteiger partial charge in [-0.2, -0.15) is 5.10 Å². The van der Waals surface area contributed by atoms with Crippen LogP contribution < -0.4 is 5.73 Å². The number of hydrogen-bond acceptors (Lipinski definition) is 2. The van der Waals surface area contributed by atoms with Gasteiger partial charge in [0.15, 0.2) is 0 Å². The van der Waals surface area contributed by atoms with E-state index >= 15 is 0 Å². The fourth-order valence-corrected chi connectivity index (χ4v) is 1.96. The van der Waals surface area contributed by atoms with Gasteiger partial charge in [-0.25, -0.2) is 9.07 Å². The van der Waals surface area contributed by atoms with E-state index in [1.54, 1.807) is 10.7 Å². The van der Waals surface area contributed by atoms with Gasteiger partial charge in [-0.05, 0) is 26.0 Å². The summed E-state index contributed by atoms with van der Waals surface area (Å²) in [7, 11) is 0. The molecule has 0 bridgehead atoms. The lowest BCUT2D eigenvalue weighted by Crippen LogP contribution is -2.02. The molecule has 2 aromatic rings. The van der Waals surface area contributed by atoms with Gasteiger partial charge in [0.25, 0.3) is 0 Å². The van der Waals surface area contributed by atoms with Crippen LogP contribution in [0.2, 0.25) is 5.02 Å². The molecule has 0 aliphatic rings. The zero-order valence-electron chi connectivity index (χ0n) is 9.67. The van der Waals surface area contributed by atoms with Crippen molar-refractivity contribution in [3.05, 3.63) is 46.0 Å². The Bertz CT molecular complexity index is 563. The average Bonchev–Trinajstić information content (AvgIpc) is 2.58. The Morgan fingerprint density at radius 3 is 2.65 bits per heavy atom. The van der Waals surface area contributed by atoms with Crippen molar-refractivity contribution in [2.75, 3.05) is 0 Å².